The van der Waals surface area contributed by atoms with Crippen LogP contribution in [0.15, 0.2) is 60.9 Å². The largest absolute Gasteiger partial charge is 0.337 e. The van der Waals surface area contributed by atoms with Crippen molar-refractivity contribution in [3.05, 3.63) is 73.0 Å². The maximum absolute atomic E-state index is 3.21. The van der Waals surface area contributed by atoms with Gasteiger partial charge < -0.3 is 4.57 Å². The van der Waals surface area contributed by atoms with Gasteiger partial charge >= 0.3 is 0 Å². The van der Waals surface area contributed by atoms with Crippen molar-refractivity contribution in [3.8, 4) is 11.8 Å². The number of hydrogen-bond acceptors (Lipinski definition) is 0. The molecule has 0 fully saturated rings. The normalized spacial score (nSPS) is 9.33. The molecular formula is C17H17N. The van der Waals surface area contributed by atoms with Gasteiger partial charge in [-0.05, 0) is 25.0 Å². The molecule has 0 N–H and O–H groups in total. The molecule has 2 rings (SSSR count). The van der Waals surface area contributed by atoms with Crippen LogP contribution in [0.1, 0.15) is 24.8 Å². The van der Waals surface area contributed by atoms with Gasteiger partial charge in [0, 0.05) is 18.5 Å². The van der Waals surface area contributed by atoms with E-state index in [4.69, 9.17) is 0 Å². The molecule has 0 atom stereocenters. The molecule has 1 nitrogen and oxygen atoms in total. The first-order chi connectivity index (χ1) is 8.95. The van der Waals surface area contributed by atoms with Gasteiger partial charge in [0.25, 0.3) is 0 Å². The van der Waals surface area contributed by atoms with E-state index < -0.39 is 0 Å². The second-order valence-corrected chi connectivity index (χ2v) is 4.07. The standard InChI is InChI=1S/C17H17N/c1(5-11-17-12-6-3-7-13-17)2-8-14-18-15-9-4-10-16-18/h3-4,6-7,9-10,12-16H,1-2,8H2. The summed E-state index contributed by atoms with van der Waals surface area (Å²) >= 11 is 0. The molecule has 1 aromatic carbocycles. The zero-order valence-corrected chi connectivity index (χ0v) is 10.4. The van der Waals surface area contributed by atoms with Crippen LogP contribution in [0.5, 0.6) is 0 Å². The van der Waals surface area contributed by atoms with Crippen LogP contribution in [0.25, 0.3) is 0 Å². The van der Waals surface area contributed by atoms with Crippen LogP contribution in [-0.2, 0) is 0 Å². The molecule has 0 amide bonds. The Kier molecular flexibility index (Phi) is 4.90. The molecule has 0 bridgehead atoms. The van der Waals surface area contributed by atoms with Crippen LogP contribution in [0.3, 0.4) is 0 Å². The fourth-order valence-corrected chi connectivity index (χ4v) is 1.65. The highest BCUT2D eigenvalue weighted by Gasteiger charge is 1.89. The maximum Gasteiger partial charge on any atom is 0.0692 e. The maximum atomic E-state index is 3.21. The summed E-state index contributed by atoms with van der Waals surface area (Å²) in [5.41, 5.74) is 1.10. The summed E-state index contributed by atoms with van der Waals surface area (Å²) in [5, 5.41) is 0. The summed E-state index contributed by atoms with van der Waals surface area (Å²) < 4.78 is 2.09. The van der Waals surface area contributed by atoms with E-state index >= 15 is 0 Å². The lowest BCUT2D eigenvalue weighted by atomic mass is 10.2. The van der Waals surface area contributed by atoms with Gasteiger partial charge in [-0.25, -0.2) is 0 Å². The summed E-state index contributed by atoms with van der Waals surface area (Å²) in [5.74, 6) is 6.38. The third kappa shape index (κ3) is 4.35. The van der Waals surface area contributed by atoms with Gasteiger partial charge in [0.15, 0.2) is 0 Å². The molecule has 2 aromatic rings. The summed E-state index contributed by atoms with van der Waals surface area (Å²) in [6.45, 7) is 2.18. The molecule has 0 aliphatic rings. The number of unbranched alkanes of at least 4 members (excludes halogenated alkanes) is 2. The second-order valence-electron chi connectivity index (χ2n) is 4.07. The van der Waals surface area contributed by atoms with E-state index in [-0.39, 0.29) is 0 Å². The molecular weight excluding hydrogens is 218 g/mol. The second kappa shape index (κ2) is 7.19. The predicted molar refractivity (Wildman–Crippen MR) is 73.5 cm³/mol. The van der Waals surface area contributed by atoms with Gasteiger partial charge in [0.2, 0.25) is 0 Å². The molecule has 1 aromatic heterocycles. The molecule has 0 unspecified atom stereocenters. The van der Waals surface area contributed by atoms with Crippen LogP contribution < -0.4 is 4.57 Å². The Balaban J connectivity index is 1.67. The average molecular weight is 235 g/mol. The fraction of sp³-hybridized carbons (Fsp3) is 0.176. The molecule has 1 heterocycles. The molecule has 0 aliphatic carbocycles. The van der Waals surface area contributed by atoms with Crippen molar-refractivity contribution in [1.29, 1.82) is 0 Å². The van der Waals surface area contributed by atoms with Crippen molar-refractivity contribution in [3.63, 3.8) is 0 Å². The van der Waals surface area contributed by atoms with Crippen molar-refractivity contribution in [2.24, 2.45) is 0 Å². The SMILES string of the molecule is C(#Cc1ccccc1)CCC[CH-][n+]1ccccc1. The van der Waals surface area contributed by atoms with Crippen molar-refractivity contribution in [2.45, 2.75) is 19.3 Å². The zero-order chi connectivity index (χ0) is 12.5. The quantitative estimate of drug-likeness (QED) is 0.331. The van der Waals surface area contributed by atoms with Gasteiger partial charge in [-0.3, -0.25) is 0 Å². The number of benzene rings is 1. The minimum atomic E-state index is 0.943. The smallest absolute Gasteiger partial charge is 0.0692 e. The minimum Gasteiger partial charge on any atom is -0.337 e. The molecule has 0 saturated heterocycles. The Labute approximate surface area is 109 Å². The average Bonchev–Trinajstić information content (AvgIpc) is 2.45. The van der Waals surface area contributed by atoms with Crippen LogP contribution >= 0.6 is 0 Å². The first-order valence-electron chi connectivity index (χ1n) is 6.28. The van der Waals surface area contributed by atoms with E-state index in [1.807, 2.05) is 48.5 Å². The van der Waals surface area contributed by atoms with Crippen LogP contribution in [0, 0.1) is 18.4 Å². The van der Waals surface area contributed by atoms with Crippen LogP contribution in [0.4, 0.5) is 0 Å². The lowest BCUT2D eigenvalue weighted by molar-refractivity contribution is -0.634. The minimum absolute atomic E-state index is 0.943. The van der Waals surface area contributed by atoms with Gasteiger partial charge in [-0.1, -0.05) is 48.2 Å². The van der Waals surface area contributed by atoms with E-state index in [0.717, 1.165) is 24.8 Å². The van der Waals surface area contributed by atoms with Gasteiger partial charge in [-0.15, -0.1) is 0 Å². The van der Waals surface area contributed by atoms with Crippen molar-refractivity contribution >= 4 is 0 Å². The summed E-state index contributed by atoms with van der Waals surface area (Å²) in [4.78, 5) is 0. The monoisotopic (exact) mass is 235 g/mol. The number of pyridine rings is 1. The molecule has 90 valence electrons. The Hall–Kier alpha value is -2.20. The number of aromatic nitrogens is 1. The lowest BCUT2D eigenvalue weighted by Gasteiger charge is -2.01. The van der Waals surface area contributed by atoms with Crippen molar-refractivity contribution in [1.82, 2.24) is 0 Å². The molecule has 1 heteroatoms. The van der Waals surface area contributed by atoms with Gasteiger partial charge in [0.1, 0.15) is 0 Å². The Bertz CT molecular complexity index is 506. The topological polar surface area (TPSA) is 3.88 Å². The Morgan fingerprint density at radius 1 is 0.944 bits per heavy atom. The Morgan fingerprint density at radius 3 is 2.44 bits per heavy atom. The van der Waals surface area contributed by atoms with Crippen LogP contribution in [0.2, 0.25) is 0 Å². The summed E-state index contributed by atoms with van der Waals surface area (Å²) in [6, 6.07) is 16.2. The molecule has 0 aliphatic heterocycles. The third-order valence-electron chi connectivity index (χ3n) is 2.59. The molecule has 0 spiro atoms. The van der Waals surface area contributed by atoms with E-state index in [1.54, 1.807) is 0 Å². The zero-order valence-electron chi connectivity index (χ0n) is 10.4. The van der Waals surface area contributed by atoms with Crippen molar-refractivity contribution < 1.29 is 4.57 Å². The van der Waals surface area contributed by atoms with Gasteiger partial charge in [-0.2, -0.15) is 0 Å². The Morgan fingerprint density at radius 2 is 1.67 bits per heavy atom. The first kappa shape index (κ1) is 12.3. The van der Waals surface area contributed by atoms with E-state index in [2.05, 4.69) is 35.3 Å². The van der Waals surface area contributed by atoms with E-state index in [0.29, 0.717) is 0 Å². The molecule has 18 heavy (non-hydrogen) atoms. The number of hydrogen-bond donors (Lipinski definition) is 0. The highest BCUT2D eigenvalue weighted by Crippen LogP contribution is 1.98. The highest BCUT2D eigenvalue weighted by molar-refractivity contribution is 5.33. The van der Waals surface area contributed by atoms with E-state index in [9.17, 15) is 0 Å². The first-order valence-corrected chi connectivity index (χ1v) is 6.28. The van der Waals surface area contributed by atoms with Crippen LogP contribution in [-0.4, -0.2) is 0 Å². The summed E-state index contributed by atoms with van der Waals surface area (Å²) in [7, 11) is 0. The number of nitrogens with zero attached hydrogens (tertiary/aromatic N) is 1. The van der Waals surface area contributed by atoms with E-state index in [1.165, 1.54) is 0 Å². The predicted octanol–water partition coefficient (Wildman–Crippen LogP) is 3.21. The summed E-state index contributed by atoms with van der Waals surface area (Å²) in [6.07, 6.45) is 7.20. The highest BCUT2D eigenvalue weighted by atomic mass is 14.9. The fourth-order valence-electron chi connectivity index (χ4n) is 1.65. The lowest BCUT2D eigenvalue weighted by Crippen LogP contribution is -2.29. The number of rotatable bonds is 4. The van der Waals surface area contributed by atoms with Gasteiger partial charge in [0.05, 0.1) is 12.4 Å². The molecule has 0 saturated carbocycles. The molecule has 0 radical (unpaired) electrons. The third-order valence-corrected chi connectivity index (χ3v) is 2.59. The van der Waals surface area contributed by atoms with Crippen molar-refractivity contribution in [2.75, 3.05) is 0 Å².